The molecule has 1 aromatic heterocycles. The second-order valence-electron chi connectivity index (χ2n) is 3.91. The van der Waals surface area contributed by atoms with Crippen molar-refractivity contribution in [1.29, 1.82) is 0 Å². The minimum Gasteiger partial charge on any atom is -0.388 e. The third-order valence-electron chi connectivity index (χ3n) is 3.03. The fourth-order valence-electron chi connectivity index (χ4n) is 2.30. The quantitative estimate of drug-likeness (QED) is 0.774. The lowest BCUT2D eigenvalue weighted by Crippen LogP contribution is -1.90. The van der Waals surface area contributed by atoms with Gasteiger partial charge < -0.3 is 5.11 Å². The van der Waals surface area contributed by atoms with Gasteiger partial charge in [0.25, 0.3) is 0 Å². The van der Waals surface area contributed by atoms with Crippen molar-refractivity contribution in [3.63, 3.8) is 0 Å². The van der Waals surface area contributed by atoms with Crippen molar-refractivity contribution in [3.8, 4) is 10.4 Å². The lowest BCUT2D eigenvalue weighted by atomic mass is 10.0. The summed E-state index contributed by atoms with van der Waals surface area (Å²) in [6.07, 6.45) is 1.63. The summed E-state index contributed by atoms with van der Waals surface area (Å²) in [6.45, 7) is 0. The highest BCUT2D eigenvalue weighted by atomic mass is 32.1. The van der Waals surface area contributed by atoms with E-state index in [2.05, 4.69) is 23.6 Å². The summed E-state index contributed by atoms with van der Waals surface area (Å²) in [4.78, 5) is 1.31. The van der Waals surface area contributed by atoms with Crippen molar-refractivity contribution in [2.24, 2.45) is 0 Å². The summed E-state index contributed by atoms with van der Waals surface area (Å²) >= 11 is 1.76. The molecule has 76 valence electrons. The molecule has 1 atom stereocenters. The van der Waals surface area contributed by atoms with Gasteiger partial charge in [-0.3, -0.25) is 0 Å². The maximum atomic E-state index is 9.81. The molecule has 0 bridgehead atoms. The normalized spacial score (nSPS) is 19.1. The van der Waals surface area contributed by atoms with Gasteiger partial charge in [0, 0.05) is 4.88 Å². The van der Waals surface area contributed by atoms with Gasteiger partial charge in [0.15, 0.2) is 0 Å². The summed E-state index contributed by atoms with van der Waals surface area (Å²) < 4.78 is 0. The maximum absolute atomic E-state index is 9.81. The van der Waals surface area contributed by atoms with Gasteiger partial charge in [0.05, 0.1) is 6.10 Å². The summed E-state index contributed by atoms with van der Waals surface area (Å²) in [5.41, 5.74) is 3.77. The lowest BCUT2D eigenvalue weighted by molar-refractivity contribution is 0.180. The van der Waals surface area contributed by atoms with Crippen molar-refractivity contribution >= 4 is 11.3 Å². The molecular weight excluding hydrogens is 204 g/mol. The van der Waals surface area contributed by atoms with E-state index in [1.807, 2.05) is 12.1 Å². The van der Waals surface area contributed by atoms with Crippen LogP contribution in [0.25, 0.3) is 10.4 Å². The van der Waals surface area contributed by atoms with E-state index in [9.17, 15) is 5.11 Å². The number of aliphatic hydroxyl groups excluding tert-OH is 1. The maximum Gasteiger partial charge on any atom is 0.0796 e. The number of fused-ring (bicyclic) bond motifs is 1. The molecule has 2 heteroatoms. The van der Waals surface area contributed by atoms with Crippen LogP contribution in [-0.2, 0) is 6.42 Å². The van der Waals surface area contributed by atoms with Gasteiger partial charge in [0.1, 0.15) is 0 Å². The Morgan fingerprint density at radius 3 is 2.93 bits per heavy atom. The van der Waals surface area contributed by atoms with Crippen LogP contribution in [0.15, 0.2) is 35.7 Å². The van der Waals surface area contributed by atoms with Crippen molar-refractivity contribution in [2.45, 2.75) is 18.9 Å². The number of hydrogen-bond acceptors (Lipinski definition) is 2. The van der Waals surface area contributed by atoms with E-state index in [1.165, 1.54) is 16.0 Å². The SMILES string of the molecule is OC1CCc2c(-c3cccs3)cccc21. The highest BCUT2D eigenvalue weighted by Gasteiger charge is 2.22. The molecule has 0 amide bonds. The summed E-state index contributed by atoms with van der Waals surface area (Å²) in [5.74, 6) is 0. The molecular formula is C13H12OS. The van der Waals surface area contributed by atoms with E-state index in [0.717, 1.165) is 18.4 Å². The fourth-order valence-corrected chi connectivity index (χ4v) is 3.07. The number of aliphatic hydroxyl groups is 1. The predicted molar refractivity (Wildman–Crippen MR) is 63.0 cm³/mol. The van der Waals surface area contributed by atoms with Crippen LogP contribution < -0.4 is 0 Å². The summed E-state index contributed by atoms with van der Waals surface area (Å²) in [6, 6.07) is 10.5. The van der Waals surface area contributed by atoms with E-state index in [4.69, 9.17) is 0 Å². The Kier molecular flexibility index (Phi) is 2.11. The number of rotatable bonds is 1. The molecule has 0 spiro atoms. The molecule has 0 radical (unpaired) electrons. The van der Waals surface area contributed by atoms with Crippen LogP contribution >= 0.6 is 11.3 Å². The largest absolute Gasteiger partial charge is 0.388 e. The van der Waals surface area contributed by atoms with Crippen LogP contribution in [0.5, 0.6) is 0 Å². The van der Waals surface area contributed by atoms with Crippen LogP contribution in [0.1, 0.15) is 23.7 Å². The topological polar surface area (TPSA) is 20.2 Å². The minimum atomic E-state index is -0.250. The van der Waals surface area contributed by atoms with Gasteiger partial charge in [-0.2, -0.15) is 0 Å². The van der Waals surface area contributed by atoms with Crippen LogP contribution in [0.2, 0.25) is 0 Å². The second-order valence-corrected chi connectivity index (χ2v) is 4.85. The first-order valence-corrected chi connectivity index (χ1v) is 6.08. The zero-order chi connectivity index (χ0) is 10.3. The number of thiophene rings is 1. The lowest BCUT2D eigenvalue weighted by Gasteiger charge is -2.07. The van der Waals surface area contributed by atoms with E-state index in [-0.39, 0.29) is 6.10 Å². The number of hydrogen-bond donors (Lipinski definition) is 1. The molecule has 0 aliphatic heterocycles. The Labute approximate surface area is 93.0 Å². The molecule has 15 heavy (non-hydrogen) atoms. The Morgan fingerprint density at radius 2 is 2.13 bits per heavy atom. The van der Waals surface area contributed by atoms with Crippen molar-refractivity contribution in [3.05, 3.63) is 46.8 Å². The van der Waals surface area contributed by atoms with Crippen molar-refractivity contribution < 1.29 is 5.11 Å². The summed E-state index contributed by atoms with van der Waals surface area (Å²) in [7, 11) is 0. The van der Waals surface area contributed by atoms with E-state index < -0.39 is 0 Å². The molecule has 0 fully saturated rings. The molecule has 1 aromatic carbocycles. The zero-order valence-electron chi connectivity index (χ0n) is 8.31. The minimum absolute atomic E-state index is 0.250. The van der Waals surface area contributed by atoms with Crippen molar-refractivity contribution in [2.75, 3.05) is 0 Å². The Balaban J connectivity index is 2.18. The number of benzene rings is 1. The molecule has 1 N–H and O–H groups in total. The molecule has 1 heterocycles. The van der Waals surface area contributed by atoms with Gasteiger partial charge in [-0.05, 0) is 41.0 Å². The van der Waals surface area contributed by atoms with Gasteiger partial charge in [-0.1, -0.05) is 24.3 Å². The highest BCUT2D eigenvalue weighted by Crippen LogP contribution is 2.38. The van der Waals surface area contributed by atoms with Gasteiger partial charge in [0.2, 0.25) is 0 Å². The molecule has 1 nitrogen and oxygen atoms in total. The average Bonchev–Trinajstić information content (AvgIpc) is 2.88. The highest BCUT2D eigenvalue weighted by molar-refractivity contribution is 7.13. The van der Waals surface area contributed by atoms with E-state index in [0.29, 0.717) is 0 Å². The van der Waals surface area contributed by atoms with Gasteiger partial charge >= 0.3 is 0 Å². The second kappa shape index (κ2) is 3.47. The first kappa shape index (κ1) is 9.13. The average molecular weight is 216 g/mol. The predicted octanol–water partition coefficient (Wildman–Crippen LogP) is 3.39. The molecule has 3 rings (SSSR count). The molecule has 1 aliphatic rings. The molecule has 1 aliphatic carbocycles. The Hall–Kier alpha value is -1.12. The molecule has 0 saturated heterocycles. The van der Waals surface area contributed by atoms with Gasteiger partial charge in [-0.25, -0.2) is 0 Å². The van der Waals surface area contributed by atoms with Crippen LogP contribution in [-0.4, -0.2) is 5.11 Å². The van der Waals surface area contributed by atoms with E-state index in [1.54, 1.807) is 11.3 Å². The first-order valence-electron chi connectivity index (χ1n) is 5.20. The Bertz CT molecular complexity index is 473. The third kappa shape index (κ3) is 1.41. The van der Waals surface area contributed by atoms with E-state index >= 15 is 0 Å². The first-order chi connectivity index (χ1) is 7.36. The standard InChI is InChI=1S/C13H12OS/c14-12-7-6-9-10(12)3-1-4-11(9)13-5-2-8-15-13/h1-5,8,12,14H,6-7H2. The fraction of sp³-hybridized carbons (Fsp3) is 0.231. The smallest absolute Gasteiger partial charge is 0.0796 e. The van der Waals surface area contributed by atoms with Crippen molar-refractivity contribution in [1.82, 2.24) is 0 Å². The third-order valence-corrected chi connectivity index (χ3v) is 3.93. The van der Waals surface area contributed by atoms with Gasteiger partial charge in [-0.15, -0.1) is 11.3 Å². The monoisotopic (exact) mass is 216 g/mol. The van der Waals surface area contributed by atoms with Crippen LogP contribution in [0.3, 0.4) is 0 Å². The molecule has 1 unspecified atom stereocenters. The van der Waals surface area contributed by atoms with Crippen LogP contribution in [0, 0.1) is 0 Å². The van der Waals surface area contributed by atoms with Crippen LogP contribution in [0.4, 0.5) is 0 Å². The Morgan fingerprint density at radius 1 is 1.20 bits per heavy atom. The zero-order valence-corrected chi connectivity index (χ0v) is 9.13. The molecule has 0 saturated carbocycles. The summed E-state index contributed by atoms with van der Waals surface area (Å²) in [5, 5.41) is 11.9. The molecule has 2 aromatic rings.